The third-order valence-corrected chi connectivity index (χ3v) is 5.90. The molecule has 0 amide bonds. The van der Waals surface area contributed by atoms with Gasteiger partial charge in [0.1, 0.15) is 0 Å². The molecule has 1 heteroatoms. The van der Waals surface area contributed by atoms with Crippen LogP contribution in [-0.2, 0) is 12.8 Å². The van der Waals surface area contributed by atoms with Crippen molar-refractivity contribution in [3.05, 3.63) is 108 Å². The van der Waals surface area contributed by atoms with Crippen LogP contribution in [0.1, 0.15) is 42.0 Å². The van der Waals surface area contributed by atoms with Gasteiger partial charge in [-0.3, -0.25) is 0 Å². The van der Waals surface area contributed by atoms with E-state index in [-0.39, 0.29) is 0 Å². The molecular formula is C26H29N. The third-order valence-electron chi connectivity index (χ3n) is 5.90. The highest BCUT2D eigenvalue weighted by Gasteiger charge is 2.30. The van der Waals surface area contributed by atoms with Crippen molar-refractivity contribution in [2.24, 2.45) is 5.92 Å². The van der Waals surface area contributed by atoms with E-state index in [0.717, 1.165) is 12.8 Å². The Bertz CT molecular complexity index is 797. The Balaban J connectivity index is 1.45. The molecule has 1 fully saturated rings. The number of piperidine rings is 1. The van der Waals surface area contributed by atoms with Crippen LogP contribution in [0.2, 0.25) is 0 Å². The summed E-state index contributed by atoms with van der Waals surface area (Å²) >= 11 is 0. The number of rotatable bonds is 6. The summed E-state index contributed by atoms with van der Waals surface area (Å²) in [6, 6.07) is 33.9. The van der Waals surface area contributed by atoms with Crippen molar-refractivity contribution >= 4 is 0 Å². The Morgan fingerprint density at radius 3 is 1.93 bits per heavy atom. The molecule has 1 N–H and O–H groups in total. The fraction of sp³-hybridized carbons (Fsp3) is 0.308. The van der Waals surface area contributed by atoms with Crippen LogP contribution in [0.15, 0.2) is 91.0 Å². The van der Waals surface area contributed by atoms with Crippen molar-refractivity contribution < 1.29 is 0 Å². The van der Waals surface area contributed by atoms with Crippen molar-refractivity contribution in [1.82, 2.24) is 5.32 Å². The molecule has 138 valence electrons. The molecule has 1 aliphatic heterocycles. The first-order valence-corrected chi connectivity index (χ1v) is 10.3. The van der Waals surface area contributed by atoms with E-state index in [2.05, 4.69) is 96.3 Å². The zero-order valence-electron chi connectivity index (χ0n) is 15.9. The molecule has 1 aliphatic rings. The highest BCUT2D eigenvalue weighted by molar-refractivity contribution is 5.23. The molecule has 0 aromatic heterocycles. The predicted molar refractivity (Wildman–Crippen MR) is 114 cm³/mol. The van der Waals surface area contributed by atoms with Crippen molar-refractivity contribution in [3.8, 4) is 0 Å². The van der Waals surface area contributed by atoms with Crippen LogP contribution in [0.5, 0.6) is 0 Å². The SMILES string of the molecule is c1ccc(CC[C@@H]2CC[C@H](Cc3ccccc3)[C@H](c3ccccc3)N2)cc1. The summed E-state index contributed by atoms with van der Waals surface area (Å²) in [5.41, 5.74) is 4.33. The van der Waals surface area contributed by atoms with Gasteiger partial charge in [-0.1, -0.05) is 91.0 Å². The second kappa shape index (κ2) is 9.01. The summed E-state index contributed by atoms with van der Waals surface area (Å²) in [7, 11) is 0. The lowest BCUT2D eigenvalue weighted by molar-refractivity contribution is 0.223. The van der Waals surface area contributed by atoms with Gasteiger partial charge in [-0.25, -0.2) is 0 Å². The molecule has 1 saturated heterocycles. The summed E-state index contributed by atoms with van der Waals surface area (Å²) in [6.07, 6.45) is 6.09. The monoisotopic (exact) mass is 355 g/mol. The first-order valence-electron chi connectivity index (χ1n) is 10.3. The van der Waals surface area contributed by atoms with Crippen molar-refractivity contribution in [2.75, 3.05) is 0 Å². The van der Waals surface area contributed by atoms with E-state index in [1.165, 1.54) is 36.0 Å². The van der Waals surface area contributed by atoms with E-state index >= 15 is 0 Å². The summed E-state index contributed by atoms with van der Waals surface area (Å²) < 4.78 is 0. The lowest BCUT2D eigenvalue weighted by atomic mass is 9.79. The zero-order chi connectivity index (χ0) is 18.3. The van der Waals surface area contributed by atoms with Crippen LogP contribution >= 0.6 is 0 Å². The van der Waals surface area contributed by atoms with E-state index in [4.69, 9.17) is 0 Å². The van der Waals surface area contributed by atoms with Gasteiger partial charge in [0.15, 0.2) is 0 Å². The number of nitrogens with one attached hydrogen (secondary N) is 1. The molecule has 0 unspecified atom stereocenters. The maximum absolute atomic E-state index is 4.01. The molecule has 0 radical (unpaired) electrons. The highest BCUT2D eigenvalue weighted by atomic mass is 15.0. The number of hydrogen-bond acceptors (Lipinski definition) is 1. The number of hydrogen-bond donors (Lipinski definition) is 1. The topological polar surface area (TPSA) is 12.0 Å². The molecule has 27 heavy (non-hydrogen) atoms. The summed E-state index contributed by atoms with van der Waals surface area (Å²) in [6.45, 7) is 0. The Morgan fingerprint density at radius 2 is 1.26 bits per heavy atom. The number of benzene rings is 3. The lowest BCUT2D eigenvalue weighted by Crippen LogP contribution is -2.42. The summed E-state index contributed by atoms with van der Waals surface area (Å²) in [5.74, 6) is 0.655. The molecular weight excluding hydrogens is 326 g/mol. The van der Waals surface area contributed by atoms with Gasteiger partial charge in [0.05, 0.1) is 0 Å². The second-order valence-electron chi connectivity index (χ2n) is 7.80. The van der Waals surface area contributed by atoms with E-state index < -0.39 is 0 Å². The minimum atomic E-state index is 0.445. The predicted octanol–water partition coefficient (Wildman–Crippen LogP) is 5.97. The molecule has 3 aromatic carbocycles. The van der Waals surface area contributed by atoms with Crippen LogP contribution in [0, 0.1) is 5.92 Å². The van der Waals surface area contributed by atoms with Crippen LogP contribution < -0.4 is 5.32 Å². The van der Waals surface area contributed by atoms with Crippen molar-refractivity contribution in [3.63, 3.8) is 0 Å². The van der Waals surface area contributed by atoms with E-state index in [0.29, 0.717) is 18.0 Å². The van der Waals surface area contributed by atoms with Gasteiger partial charge < -0.3 is 5.32 Å². The highest BCUT2D eigenvalue weighted by Crippen LogP contribution is 2.35. The van der Waals surface area contributed by atoms with Crippen molar-refractivity contribution in [1.29, 1.82) is 0 Å². The second-order valence-corrected chi connectivity index (χ2v) is 7.80. The minimum Gasteiger partial charge on any atom is -0.307 e. The van der Waals surface area contributed by atoms with E-state index in [1.54, 1.807) is 0 Å². The fourth-order valence-corrected chi connectivity index (χ4v) is 4.43. The van der Waals surface area contributed by atoms with Gasteiger partial charge in [-0.15, -0.1) is 0 Å². The van der Waals surface area contributed by atoms with Gasteiger partial charge in [0, 0.05) is 12.1 Å². The fourth-order valence-electron chi connectivity index (χ4n) is 4.43. The van der Waals surface area contributed by atoms with Crippen LogP contribution in [-0.4, -0.2) is 6.04 Å². The Hall–Kier alpha value is -2.38. The quantitative estimate of drug-likeness (QED) is 0.574. The van der Waals surface area contributed by atoms with Crippen LogP contribution in [0.4, 0.5) is 0 Å². The van der Waals surface area contributed by atoms with E-state index in [9.17, 15) is 0 Å². The summed E-state index contributed by atoms with van der Waals surface area (Å²) in [5, 5.41) is 4.01. The molecule has 0 spiro atoms. The molecule has 0 aliphatic carbocycles. The molecule has 1 heterocycles. The van der Waals surface area contributed by atoms with Gasteiger partial charge >= 0.3 is 0 Å². The van der Waals surface area contributed by atoms with Gasteiger partial charge in [0.25, 0.3) is 0 Å². The maximum Gasteiger partial charge on any atom is 0.0354 e. The third kappa shape index (κ3) is 4.87. The Kier molecular flexibility index (Phi) is 6.01. The first kappa shape index (κ1) is 18.0. The van der Waals surface area contributed by atoms with Gasteiger partial charge in [-0.2, -0.15) is 0 Å². The van der Waals surface area contributed by atoms with Crippen LogP contribution in [0.3, 0.4) is 0 Å². The molecule has 0 bridgehead atoms. The average Bonchev–Trinajstić information content (AvgIpc) is 2.75. The normalized spacial score (nSPS) is 22.4. The largest absolute Gasteiger partial charge is 0.307 e. The molecule has 3 atom stereocenters. The zero-order valence-corrected chi connectivity index (χ0v) is 15.9. The van der Waals surface area contributed by atoms with Gasteiger partial charge in [0.2, 0.25) is 0 Å². The maximum atomic E-state index is 4.01. The molecule has 4 rings (SSSR count). The Morgan fingerprint density at radius 1 is 0.667 bits per heavy atom. The van der Waals surface area contributed by atoms with Crippen LogP contribution in [0.25, 0.3) is 0 Å². The standard InChI is InChI=1S/C26H29N/c1-4-10-21(11-5-1)16-18-25-19-17-24(20-22-12-6-2-7-13-22)26(27-25)23-14-8-3-9-15-23/h1-15,24-27H,16-20H2/t24-,25-,26+/m1/s1. The molecule has 0 saturated carbocycles. The molecule has 1 nitrogen and oxygen atoms in total. The smallest absolute Gasteiger partial charge is 0.0354 e. The molecule has 3 aromatic rings. The minimum absolute atomic E-state index is 0.445. The average molecular weight is 356 g/mol. The van der Waals surface area contributed by atoms with Gasteiger partial charge in [-0.05, 0) is 54.7 Å². The Labute approximate surface area is 163 Å². The lowest BCUT2D eigenvalue weighted by Gasteiger charge is -2.38. The van der Waals surface area contributed by atoms with Crippen molar-refractivity contribution in [2.45, 2.75) is 44.2 Å². The summed E-state index contributed by atoms with van der Waals surface area (Å²) in [4.78, 5) is 0. The van der Waals surface area contributed by atoms with E-state index in [1.807, 2.05) is 0 Å². The number of aryl methyl sites for hydroxylation is 1. The first-order chi connectivity index (χ1) is 13.4.